The number of benzene rings is 8. The fourth-order valence-electron chi connectivity index (χ4n) is 13.6. The van der Waals surface area contributed by atoms with Crippen molar-refractivity contribution in [1.82, 2.24) is 0 Å². The molecule has 0 aliphatic rings. The molecular formula is C127H193Br3ClIO14PS-3. The lowest BCUT2D eigenvalue weighted by Crippen LogP contribution is -2.35. The SMILES string of the molecule is C=C(C)C(=O)OC(C)(C)C.C=C(C)C(=O)OCCO.CC(CC(CCCCOC(=O)C(C)(C)Br)c1ccccc1)c1ccccc1.CC(CC(CCCCOC(=O)C(C)(C)C)c1ccccc1)c1ccccc1.CCC(C)(Br)C(=O)OC(C)(C)C.CCC(C)(Br)C(=O)OCCO.CCC(C)c1ccc(C(C)CC)cc1.CCC(C)c1ccc(C(C)CC)cc1.CCC(C)c1ccccc1.CCC(C)c1ccccc1.Cl.SI.[P-3]. The van der Waals surface area contributed by atoms with Crippen LogP contribution in [0.3, 0.4) is 0 Å². The topological polar surface area (TPSA) is 198 Å². The van der Waals surface area contributed by atoms with E-state index in [-0.39, 0.29) is 78.6 Å². The van der Waals surface area contributed by atoms with E-state index in [4.69, 9.17) is 33.9 Å². The molecule has 0 amide bonds. The Kier molecular flexibility index (Phi) is 85.5. The third-order valence-corrected chi connectivity index (χ3v) is 27.0. The van der Waals surface area contributed by atoms with Gasteiger partial charge in [0.15, 0.2) is 0 Å². The number of thiol groups is 1. The Morgan fingerprint density at radius 3 is 0.750 bits per heavy atom. The monoisotopic (exact) mass is 2400 g/mol. The van der Waals surface area contributed by atoms with Gasteiger partial charge in [0.1, 0.15) is 37.4 Å². The van der Waals surface area contributed by atoms with E-state index >= 15 is 0 Å². The summed E-state index contributed by atoms with van der Waals surface area (Å²) in [6.45, 7) is 70.4. The fourth-order valence-corrected chi connectivity index (χ4v) is 13.9. The lowest BCUT2D eigenvalue weighted by molar-refractivity contribution is -0.157. The van der Waals surface area contributed by atoms with Crippen molar-refractivity contribution < 1.29 is 67.4 Å². The molecule has 14 nitrogen and oxygen atoms in total. The smallest absolute Gasteiger partial charge is 0.333 e. The molecule has 148 heavy (non-hydrogen) atoms. The molecule has 0 heterocycles. The fraction of sp³-hybridized carbons (Fsp3) is 0.543. The summed E-state index contributed by atoms with van der Waals surface area (Å²) in [7, 11) is 3.50. The number of ether oxygens (including phenoxy) is 6. The molecule has 12 atom stereocenters. The van der Waals surface area contributed by atoms with Crippen LogP contribution in [-0.2, 0) is 57.2 Å². The zero-order valence-electron chi connectivity index (χ0n) is 96.3. The predicted molar refractivity (Wildman–Crippen MR) is 657 cm³/mol. The van der Waals surface area contributed by atoms with Gasteiger partial charge in [0.25, 0.3) is 0 Å². The first kappa shape index (κ1) is 150. The molecule has 0 aliphatic carbocycles. The molecule has 8 aromatic rings. The zero-order valence-corrected chi connectivity index (χ0v) is 106. The highest BCUT2D eigenvalue weighted by atomic mass is 127. The van der Waals surface area contributed by atoms with E-state index in [1.807, 2.05) is 118 Å². The van der Waals surface area contributed by atoms with Gasteiger partial charge in [-0.15, -0.1) is 22.2 Å². The summed E-state index contributed by atoms with van der Waals surface area (Å²) < 4.78 is 28.4. The van der Waals surface area contributed by atoms with Crippen LogP contribution in [0.5, 0.6) is 0 Å². The highest BCUT2D eigenvalue weighted by molar-refractivity contribution is 14.2. The van der Waals surface area contributed by atoms with Crippen molar-refractivity contribution in [2.75, 3.05) is 39.6 Å². The average Bonchev–Trinajstić information content (AvgIpc) is 0.842. The Balaban J connectivity index is -0.000000524. The summed E-state index contributed by atoms with van der Waals surface area (Å²) in [5, 5.41) is 16.6. The molecule has 0 aromatic heterocycles. The lowest BCUT2D eigenvalue weighted by atomic mass is 9.83. The van der Waals surface area contributed by atoms with E-state index in [1.54, 1.807) is 20.8 Å². The Bertz CT molecular complexity index is 4420. The second-order valence-corrected chi connectivity index (χ2v) is 47.2. The van der Waals surface area contributed by atoms with Crippen LogP contribution in [0, 0.1) is 5.41 Å². The average molecular weight is 2410 g/mol. The number of hydrogen-bond donors (Lipinski definition) is 3. The van der Waals surface area contributed by atoms with Crippen molar-refractivity contribution in [3.8, 4) is 0 Å². The molecule has 834 valence electrons. The van der Waals surface area contributed by atoms with Crippen molar-refractivity contribution in [2.45, 2.75) is 401 Å². The molecule has 0 aliphatic heterocycles. The van der Waals surface area contributed by atoms with E-state index in [9.17, 15) is 28.8 Å². The zero-order chi connectivity index (χ0) is 112. The Morgan fingerprint density at radius 1 is 0.311 bits per heavy atom. The Hall–Kier alpha value is -6.78. The first-order valence-corrected chi connectivity index (χ1v) is 58.6. The summed E-state index contributed by atoms with van der Waals surface area (Å²) in [5.41, 5.74) is 14.0. The molecule has 21 heteroatoms. The normalized spacial score (nSPS) is 13.5. The van der Waals surface area contributed by atoms with Crippen molar-refractivity contribution in [2.24, 2.45) is 5.41 Å². The van der Waals surface area contributed by atoms with Crippen LogP contribution in [0.15, 0.2) is 255 Å². The van der Waals surface area contributed by atoms with Crippen LogP contribution < -0.4 is 0 Å². The van der Waals surface area contributed by atoms with Gasteiger partial charge in [0, 0.05) is 11.1 Å². The van der Waals surface area contributed by atoms with Crippen LogP contribution in [0.1, 0.15) is 432 Å². The van der Waals surface area contributed by atoms with Gasteiger partial charge in [0.05, 0.1) is 31.8 Å². The van der Waals surface area contributed by atoms with Crippen molar-refractivity contribution in [3.63, 3.8) is 0 Å². The van der Waals surface area contributed by atoms with Crippen LogP contribution in [0.25, 0.3) is 0 Å². The van der Waals surface area contributed by atoms with E-state index in [1.165, 1.54) is 94.2 Å². The second kappa shape index (κ2) is 84.6. The van der Waals surface area contributed by atoms with Crippen molar-refractivity contribution in [1.29, 1.82) is 0 Å². The number of alkyl halides is 3. The first-order valence-electron chi connectivity index (χ1n) is 53.0. The molecule has 0 radical (unpaired) electrons. The van der Waals surface area contributed by atoms with E-state index in [0.717, 1.165) is 57.8 Å². The molecule has 0 saturated heterocycles. The molecular weight excluding hydrogens is 2210 g/mol. The second-order valence-electron chi connectivity index (χ2n) is 41.7. The van der Waals surface area contributed by atoms with Gasteiger partial charge >= 0.3 is 35.8 Å². The molecule has 12 unspecified atom stereocenters. The van der Waals surface area contributed by atoms with Crippen LogP contribution in [0.2, 0.25) is 0 Å². The van der Waals surface area contributed by atoms with Gasteiger partial charge < -0.3 is 48.5 Å². The minimum absolute atomic E-state index is 0. The summed E-state index contributed by atoms with van der Waals surface area (Å²) in [5.74, 6) is 4.68. The van der Waals surface area contributed by atoms with E-state index in [0.29, 0.717) is 90.0 Å². The molecule has 2 N–H and O–H groups in total. The summed E-state index contributed by atoms with van der Waals surface area (Å²) in [6, 6.07) is 82.6. The van der Waals surface area contributed by atoms with Gasteiger partial charge in [-0.25, -0.2) is 9.59 Å². The van der Waals surface area contributed by atoms with Crippen LogP contribution >= 0.6 is 101 Å². The largest absolute Gasteiger partial charge is 3.00 e. The van der Waals surface area contributed by atoms with Crippen LogP contribution in [-0.4, -0.2) is 110 Å². The Labute approximate surface area is 952 Å². The van der Waals surface area contributed by atoms with Gasteiger partial charge in [-0.05, 0) is 343 Å². The van der Waals surface area contributed by atoms with Crippen LogP contribution in [0.4, 0.5) is 0 Å². The summed E-state index contributed by atoms with van der Waals surface area (Å²) >= 11 is 11.7. The van der Waals surface area contributed by atoms with Gasteiger partial charge in [-0.1, -0.05) is 402 Å². The van der Waals surface area contributed by atoms with Gasteiger partial charge in [-0.3, -0.25) is 19.2 Å². The maximum absolute atomic E-state index is 11.9. The summed E-state index contributed by atoms with van der Waals surface area (Å²) in [6.07, 6.45) is 17.2. The highest BCUT2D eigenvalue weighted by Gasteiger charge is 2.34. The number of unbranched alkanes of at least 4 members (excludes halogenated alkanes) is 2. The molecule has 8 rings (SSSR count). The lowest BCUT2D eigenvalue weighted by Gasteiger charge is -3.00. The number of hydrogen-bond acceptors (Lipinski definition) is 15. The number of carbonyl (C=O) groups excluding carboxylic acids is 6. The number of rotatable bonds is 41. The maximum atomic E-state index is 11.9. The molecule has 0 saturated carbocycles. The van der Waals surface area contributed by atoms with Gasteiger partial charge in [0.2, 0.25) is 0 Å². The van der Waals surface area contributed by atoms with E-state index < -0.39 is 35.6 Å². The number of halogens is 5. The Morgan fingerprint density at radius 2 is 0.534 bits per heavy atom. The van der Waals surface area contributed by atoms with Crippen molar-refractivity contribution in [3.05, 3.63) is 310 Å². The third kappa shape index (κ3) is 71.2. The number of esters is 6. The molecule has 0 spiro atoms. The standard InChI is InChI=1S/C25H34O2.C24H31BrO2.2C14H22.2C10H14.C9H17BrO2.C8H14O2.C7H13BrO3.C6H10O3.ClH.HIS.P/c1-20(21-13-7-5-8-14-21)19-23(22-15-9-6-10-16-22)17-11-12-18-27-24(26)25(2,3)4;1-19(20-12-6-4-7-13-20)18-22(21-14-8-5-9-15-21)16-10-11-17-27-23(26)24(2,3)25;2*1-5-11(3)13-7-9-14(10-8-13)12(4)6-2;2*1-3-9(2)10-7-5-4-6-8-10;1-6-9(5,10)7(11)12-8(2,3)4;1-6(2)7(9)10-8(3,4)5;1-3-7(2,8)6(10)11-5-4-9;1-5(2)6(8)9-4-3-7;;1-2;/h5-10,13-16,20,23H,11-12,17-19H2,1-4H3;4-9,12-15,19,22H,10-11,16-18H2,1-3H3;2*7-12H,5-6H2,1-4H3;2*4-9H,3H2,1-2H3;6H2,1-5H3;1H2,2-5H3;9H,3-5H2,1-2H3;7H,1,3-4H2,2H3;1H;2H;/q;;;;;;;;;;;;-3. The number of carbonyl (C=O) groups is 6. The summed E-state index contributed by atoms with van der Waals surface area (Å²) in [4.78, 5) is 67.5. The maximum Gasteiger partial charge on any atom is 0.333 e. The molecule has 0 bridgehead atoms. The quantitative estimate of drug-likeness (QED) is 0.00478. The number of aliphatic hydroxyl groups excluding tert-OH is 2. The highest BCUT2D eigenvalue weighted by Crippen LogP contribution is 2.37. The number of aliphatic hydroxyl groups is 2. The minimum Gasteiger partial charge on any atom is -3.00 e. The van der Waals surface area contributed by atoms with Gasteiger partial charge in [-0.2, -0.15) is 0 Å². The predicted octanol–water partition coefficient (Wildman–Crippen LogP) is 37.9. The van der Waals surface area contributed by atoms with Crippen molar-refractivity contribution >= 4 is 137 Å². The first-order chi connectivity index (χ1) is 68.5. The molecule has 8 aromatic carbocycles. The minimum atomic E-state index is -0.609. The third-order valence-electron chi connectivity index (χ3n) is 24.9. The molecule has 0 fully saturated rings. The van der Waals surface area contributed by atoms with E-state index in [2.05, 4.69) is 403 Å².